The number of piperazine rings is 1. The number of nitrogens with zero attached hydrogens (tertiary/aromatic N) is 2. The molecule has 1 aromatic carbocycles. The number of ether oxygens (including phenoxy) is 1. The van der Waals surface area contributed by atoms with Gasteiger partial charge in [0.2, 0.25) is 0 Å². The summed E-state index contributed by atoms with van der Waals surface area (Å²) in [7, 11) is 0. The average Bonchev–Trinajstić information content (AvgIpc) is 2.70. The SMILES string of the molecule is CCCN1CCN(CC2=C(C(=O)OCC)[C@@H](c3ccc(Cl)cc3)NC(=O)N2)CC1. The van der Waals surface area contributed by atoms with E-state index in [0.717, 1.165) is 44.7 Å². The van der Waals surface area contributed by atoms with Gasteiger partial charge in [0.25, 0.3) is 0 Å². The van der Waals surface area contributed by atoms with Crippen molar-refractivity contribution in [2.75, 3.05) is 45.9 Å². The zero-order chi connectivity index (χ0) is 20.8. The van der Waals surface area contributed by atoms with Crippen molar-refractivity contribution in [1.29, 1.82) is 0 Å². The van der Waals surface area contributed by atoms with Crippen LogP contribution >= 0.6 is 11.6 Å². The van der Waals surface area contributed by atoms with E-state index in [2.05, 4.69) is 27.4 Å². The van der Waals surface area contributed by atoms with Gasteiger partial charge in [0.1, 0.15) is 0 Å². The van der Waals surface area contributed by atoms with Crippen LogP contribution in [-0.2, 0) is 9.53 Å². The van der Waals surface area contributed by atoms with E-state index in [1.807, 2.05) is 12.1 Å². The third kappa shape index (κ3) is 5.50. The minimum Gasteiger partial charge on any atom is -0.463 e. The summed E-state index contributed by atoms with van der Waals surface area (Å²) in [6, 6.07) is 6.24. The van der Waals surface area contributed by atoms with Crippen LogP contribution in [0.4, 0.5) is 4.79 Å². The van der Waals surface area contributed by atoms with E-state index in [1.165, 1.54) is 0 Å². The second-order valence-electron chi connectivity index (χ2n) is 7.31. The van der Waals surface area contributed by atoms with E-state index in [0.29, 0.717) is 22.8 Å². The van der Waals surface area contributed by atoms with Gasteiger partial charge in [0.05, 0.1) is 18.2 Å². The Morgan fingerprint density at radius 3 is 2.41 bits per heavy atom. The number of halogens is 1. The predicted molar refractivity (Wildman–Crippen MR) is 113 cm³/mol. The lowest BCUT2D eigenvalue weighted by atomic mass is 9.95. The molecule has 2 amide bonds. The first kappa shape index (κ1) is 21.6. The minimum atomic E-state index is -0.573. The number of nitrogens with one attached hydrogen (secondary N) is 2. The Balaban J connectivity index is 1.86. The van der Waals surface area contributed by atoms with E-state index in [9.17, 15) is 9.59 Å². The third-order valence-electron chi connectivity index (χ3n) is 5.24. The van der Waals surface area contributed by atoms with Crippen molar-refractivity contribution in [2.24, 2.45) is 0 Å². The van der Waals surface area contributed by atoms with Gasteiger partial charge in [0, 0.05) is 43.4 Å². The molecule has 0 radical (unpaired) electrons. The van der Waals surface area contributed by atoms with Gasteiger partial charge in [0.15, 0.2) is 0 Å². The summed E-state index contributed by atoms with van der Waals surface area (Å²) in [5.41, 5.74) is 1.85. The first-order valence-electron chi connectivity index (χ1n) is 10.2. The van der Waals surface area contributed by atoms with E-state index < -0.39 is 12.0 Å². The number of esters is 1. The van der Waals surface area contributed by atoms with E-state index >= 15 is 0 Å². The lowest BCUT2D eigenvalue weighted by Gasteiger charge is -2.37. The second kappa shape index (κ2) is 10.1. The highest BCUT2D eigenvalue weighted by molar-refractivity contribution is 6.30. The summed E-state index contributed by atoms with van der Waals surface area (Å²) in [5, 5.41) is 6.30. The zero-order valence-electron chi connectivity index (χ0n) is 17.0. The number of carbonyl (C=O) groups is 2. The average molecular weight is 421 g/mol. The fourth-order valence-corrected chi connectivity index (χ4v) is 3.93. The molecule has 2 N–H and O–H groups in total. The van der Waals surface area contributed by atoms with Crippen LogP contribution in [0.3, 0.4) is 0 Å². The Hall–Kier alpha value is -2.09. The molecule has 29 heavy (non-hydrogen) atoms. The van der Waals surface area contributed by atoms with E-state index in [-0.39, 0.29) is 12.6 Å². The Morgan fingerprint density at radius 1 is 1.14 bits per heavy atom. The molecule has 2 heterocycles. The third-order valence-corrected chi connectivity index (χ3v) is 5.49. The van der Waals surface area contributed by atoms with Crippen molar-refractivity contribution < 1.29 is 14.3 Å². The number of urea groups is 1. The summed E-state index contributed by atoms with van der Waals surface area (Å²) in [5.74, 6) is -0.417. The van der Waals surface area contributed by atoms with Crippen LogP contribution in [0.25, 0.3) is 0 Å². The fourth-order valence-electron chi connectivity index (χ4n) is 3.81. The van der Waals surface area contributed by atoms with Crippen LogP contribution in [0.15, 0.2) is 35.5 Å². The molecule has 1 saturated heterocycles. The molecule has 3 rings (SSSR count). The molecule has 1 fully saturated rings. The molecular formula is C21H29ClN4O3. The Kier molecular flexibility index (Phi) is 7.52. The Bertz CT molecular complexity index is 758. The topological polar surface area (TPSA) is 73.9 Å². The van der Waals surface area contributed by atoms with E-state index in [4.69, 9.17) is 16.3 Å². The molecule has 8 heteroatoms. The number of benzene rings is 1. The first-order chi connectivity index (χ1) is 14.0. The van der Waals surface area contributed by atoms with Crippen LogP contribution in [0, 0.1) is 0 Å². The highest BCUT2D eigenvalue weighted by atomic mass is 35.5. The molecule has 0 unspecified atom stereocenters. The van der Waals surface area contributed by atoms with Crippen LogP contribution in [0.2, 0.25) is 5.02 Å². The Morgan fingerprint density at radius 2 is 1.79 bits per heavy atom. The molecule has 0 aliphatic carbocycles. The van der Waals surface area contributed by atoms with Crippen molar-refractivity contribution >= 4 is 23.6 Å². The van der Waals surface area contributed by atoms with Crippen molar-refractivity contribution in [3.8, 4) is 0 Å². The molecule has 2 aliphatic rings. The van der Waals surface area contributed by atoms with Crippen molar-refractivity contribution in [3.05, 3.63) is 46.1 Å². The molecule has 2 aliphatic heterocycles. The maximum Gasteiger partial charge on any atom is 0.338 e. The molecule has 0 bridgehead atoms. The minimum absolute atomic E-state index is 0.270. The number of hydrogen-bond donors (Lipinski definition) is 2. The zero-order valence-corrected chi connectivity index (χ0v) is 17.8. The van der Waals surface area contributed by atoms with Crippen molar-refractivity contribution in [1.82, 2.24) is 20.4 Å². The van der Waals surface area contributed by atoms with Gasteiger partial charge < -0.3 is 20.3 Å². The molecule has 1 atom stereocenters. The van der Waals surface area contributed by atoms with Crippen LogP contribution in [-0.4, -0.2) is 67.7 Å². The van der Waals surface area contributed by atoms with Gasteiger partial charge in [-0.3, -0.25) is 4.90 Å². The number of carbonyl (C=O) groups excluding carboxylic acids is 2. The standard InChI is InChI=1S/C21H29ClN4O3/c1-3-9-25-10-12-26(13-11-25)14-17-18(20(27)29-4-2)19(24-21(28)23-17)15-5-7-16(22)8-6-15/h5-8,19H,3-4,9-14H2,1-2H3,(H2,23,24,28)/t19-/m1/s1. The van der Waals surface area contributed by atoms with Crippen molar-refractivity contribution in [3.63, 3.8) is 0 Å². The number of hydrogen-bond acceptors (Lipinski definition) is 5. The lowest BCUT2D eigenvalue weighted by Crippen LogP contribution is -2.51. The molecule has 7 nitrogen and oxygen atoms in total. The highest BCUT2D eigenvalue weighted by Gasteiger charge is 2.34. The summed E-state index contributed by atoms with van der Waals surface area (Å²) >= 11 is 6.01. The van der Waals surface area contributed by atoms with Crippen LogP contribution in [0.1, 0.15) is 31.9 Å². The second-order valence-corrected chi connectivity index (χ2v) is 7.75. The van der Waals surface area contributed by atoms with Crippen molar-refractivity contribution in [2.45, 2.75) is 26.3 Å². The van der Waals surface area contributed by atoms with Gasteiger partial charge in [-0.15, -0.1) is 0 Å². The molecular weight excluding hydrogens is 392 g/mol. The van der Waals surface area contributed by atoms with E-state index in [1.54, 1.807) is 19.1 Å². The Labute approximate surface area is 177 Å². The fraction of sp³-hybridized carbons (Fsp3) is 0.524. The predicted octanol–water partition coefficient (Wildman–Crippen LogP) is 2.54. The normalized spacial score (nSPS) is 20.9. The van der Waals surface area contributed by atoms with Gasteiger partial charge >= 0.3 is 12.0 Å². The van der Waals surface area contributed by atoms with Crippen LogP contribution in [0.5, 0.6) is 0 Å². The largest absolute Gasteiger partial charge is 0.463 e. The number of amides is 2. The quantitative estimate of drug-likeness (QED) is 0.663. The summed E-state index contributed by atoms with van der Waals surface area (Å²) in [4.78, 5) is 29.9. The summed E-state index contributed by atoms with van der Waals surface area (Å²) in [6.45, 7) is 9.61. The highest BCUT2D eigenvalue weighted by Crippen LogP contribution is 2.29. The molecule has 0 spiro atoms. The van der Waals surface area contributed by atoms with Gasteiger partial charge in [-0.05, 0) is 37.6 Å². The summed E-state index contributed by atoms with van der Waals surface area (Å²) < 4.78 is 5.32. The smallest absolute Gasteiger partial charge is 0.338 e. The van der Waals surface area contributed by atoms with Gasteiger partial charge in [-0.25, -0.2) is 9.59 Å². The molecule has 158 valence electrons. The first-order valence-corrected chi connectivity index (χ1v) is 10.6. The maximum absolute atomic E-state index is 12.8. The van der Waals surface area contributed by atoms with Gasteiger partial charge in [-0.1, -0.05) is 30.7 Å². The maximum atomic E-state index is 12.8. The van der Waals surface area contributed by atoms with Gasteiger partial charge in [-0.2, -0.15) is 0 Å². The summed E-state index contributed by atoms with van der Waals surface area (Å²) in [6.07, 6.45) is 1.14. The van der Waals surface area contributed by atoms with Crippen LogP contribution < -0.4 is 10.6 Å². The number of rotatable bonds is 7. The monoisotopic (exact) mass is 420 g/mol. The molecule has 1 aromatic rings. The molecule has 0 aromatic heterocycles. The molecule has 0 saturated carbocycles. The lowest BCUT2D eigenvalue weighted by molar-refractivity contribution is -0.139.